The maximum absolute atomic E-state index is 12.1. The van der Waals surface area contributed by atoms with Crippen LogP contribution in [-0.2, 0) is 0 Å². The zero-order chi connectivity index (χ0) is 15.7. The van der Waals surface area contributed by atoms with E-state index in [9.17, 15) is 9.59 Å². The van der Waals surface area contributed by atoms with E-state index < -0.39 is 5.91 Å². The van der Waals surface area contributed by atoms with Crippen molar-refractivity contribution >= 4 is 33.8 Å². The van der Waals surface area contributed by atoms with Crippen molar-refractivity contribution in [2.24, 2.45) is 11.7 Å². The first-order valence-electron chi connectivity index (χ1n) is 7.07. The molecule has 0 aliphatic heterocycles. The van der Waals surface area contributed by atoms with Crippen LogP contribution in [0.5, 0.6) is 0 Å². The molecule has 7 heteroatoms. The van der Waals surface area contributed by atoms with Gasteiger partial charge in [-0.3, -0.25) is 9.59 Å². The van der Waals surface area contributed by atoms with Crippen LogP contribution < -0.4 is 16.8 Å². The van der Waals surface area contributed by atoms with Gasteiger partial charge in [-0.05, 0) is 18.8 Å². The fourth-order valence-corrected chi connectivity index (χ4v) is 3.64. The van der Waals surface area contributed by atoms with Crippen LogP contribution in [0.25, 0.3) is 0 Å². The number of nitrogens with two attached hydrogens (primary N) is 2. The Bertz CT molecular complexity index is 568. The molecule has 1 aliphatic rings. The summed E-state index contributed by atoms with van der Waals surface area (Å²) in [5.41, 5.74) is 11.8. The van der Waals surface area contributed by atoms with Crippen LogP contribution in [0.4, 0.5) is 10.7 Å². The van der Waals surface area contributed by atoms with Gasteiger partial charge < -0.3 is 21.7 Å². The number of carbonyl (C=O) groups excluding carboxylic acids is 2. The van der Waals surface area contributed by atoms with E-state index in [2.05, 4.69) is 12.2 Å². The van der Waals surface area contributed by atoms with E-state index in [1.807, 2.05) is 0 Å². The second-order valence-corrected chi connectivity index (χ2v) is 6.67. The van der Waals surface area contributed by atoms with Gasteiger partial charge in [-0.15, -0.1) is 11.3 Å². The van der Waals surface area contributed by atoms with Crippen LogP contribution in [0.15, 0.2) is 0 Å². The van der Waals surface area contributed by atoms with Gasteiger partial charge in [0.05, 0.1) is 11.3 Å². The van der Waals surface area contributed by atoms with Crippen molar-refractivity contribution in [3.05, 3.63) is 10.4 Å². The molecule has 116 valence electrons. The van der Waals surface area contributed by atoms with Crippen LogP contribution in [0.3, 0.4) is 0 Å². The monoisotopic (exact) mass is 310 g/mol. The van der Waals surface area contributed by atoms with Crippen LogP contribution in [-0.4, -0.2) is 36.9 Å². The van der Waals surface area contributed by atoms with Crippen molar-refractivity contribution in [2.45, 2.75) is 32.2 Å². The molecule has 1 fully saturated rings. The molecule has 0 spiro atoms. The number of nitrogens with one attached hydrogen (secondary N) is 1. The largest absolute Gasteiger partial charge is 0.397 e. The molecule has 0 saturated heterocycles. The summed E-state index contributed by atoms with van der Waals surface area (Å²) >= 11 is 1.21. The highest BCUT2D eigenvalue weighted by atomic mass is 32.1. The highest BCUT2D eigenvalue weighted by Crippen LogP contribution is 2.42. The molecular weight excluding hydrogens is 288 g/mol. The van der Waals surface area contributed by atoms with Gasteiger partial charge in [0.15, 0.2) is 0 Å². The van der Waals surface area contributed by atoms with E-state index in [4.69, 9.17) is 11.5 Å². The van der Waals surface area contributed by atoms with Crippen LogP contribution in [0, 0.1) is 5.92 Å². The quantitative estimate of drug-likeness (QED) is 0.744. The molecule has 1 aliphatic carbocycles. The van der Waals surface area contributed by atoms with Crippen LogP contribution in [0.2, 0.25) is 0 Å². The van der Waals surface area contributed by atoms with Gasteiger partial charge >= 0.3 is 0 Å². The lowest BCUT2D eigenvalue weighted by atomic mass is 10.2. The molecule has 1 aromatic heterocycles. The van der Waals surface area contributed by atoms with Gasteiger partial charge in [-0.2, -0.15) is 0 Å². The number of rotatable bonds is 6. The molecule has 1 heterocycles. The number of thiophene rings is 1. The molecule has 1 saturated carbocycles. The van der Waals surface area contributed by atoms with Crippen molar-refractivity contribution in [3.63, 3.8) is 0 Å². The second kappa shape index (κ2) is 5.93. The normalized spacial score (nSPS) is 20.1. The average Bonchev–Trinajstić information content (AvgIpc) is 3.03. The maximum atomic E-state index is 12.1. The fraction of sp³-hybridized carbons (Fsp3) is 0.571. The van der Waals surface area contributed by atoms with Crippen LogP contribution >= 0.6 is 11.3 Å². The van der Waals surface area contributed by atoms with Crippen molar-refractivity contribution in [1.82, 2.24) is 4.90 Å². The molecule has 2 atom stereocenters. The van der Waals surface area contributed by atoms with E-state index in [0.29, 0.717) is 21.8 Å². The molecule has 0 bridgehead atoms. The summed E-state index contributed by atoms with van der Waals surface area (Å²) in [6.07, 6.45) is 3.39. The minimum Gasteiger partial charge on any atom is -0.397 e. The molecule has 1 aromatic rings. The van der Waals surface area contributed by atoms with Gasteiger partial charge in [0.25, 0.3) is 11.8 Å². The minimum atomic E-state index is -0.600. The summed E-state index contributed by atoms with van der Waals surface area (Å²) < 4.78 is 0. The number of hydrogen-bond donors (Lipinski definition) is 3. The second-order valence-electron chi connectivity index (χ2n) is 5.65. The van der Waals surface area contributed by atoms with Gasteiger partial charge in [0.1, 0.15) is 9.88 Å². The predicted octanol–water partition coefficient (Wildman–Crippen LogP) is 1.73. The third kappa shape index (κ3) is 3.12. The summed E-state index contributed by atoms with van der Waals surface area (Å²) in [5, 5.41) is 3.94. The van der Waals surface area contributed by atoms with Crippen molar-refractivity contribution in [1.29, 1.82) is 0 Å². The molecule has 21 heavy (non-hydrogen) atoms. The highest BCUT2D eigenvalue weighted by Gasteiger charge is 2.37. The first-order valence-corrected chi connectivity index (χ1v) is 7.88. The van der Waals surface area contributed by atoms with E-state index in [-0.39, 0.29) is 17.2 Å². The number of amides is 2. The fourth-order valence-electron chi connectivity index (χ4n) is 2.43. The summed E-state index contributed by atoms with van der Waals surface area (Å²) in [6, 6.07) is 0.350. The number of nitrogens with zero attached hydrogens (tertiary/aromatic N) is 1. The third-order valence-corrected chi connectivity index (χ3v) is 4.82. The number of carbonyl (C=O) groups is 2. The van der Waals surface area contributed by atoms with E-state index in [1.54, 1.807) is 14.1 Å². The number of nitrogen functional groups attached to an aromatic ring is 1. The Labute approximate surface area is 128 Å². The van der Waals surface area contributed by atoms with Crippen molar-refractivity contribution < 1.29 is 9.59 Å². The first-order chi connectivity index (χ1) is 9.86. The zero-order valence-electron chi connectivity index (χ0n) is 12.6. The van der Waals surface area contributed by atoms with Crippen LogP contribution in [0.1, 0.15) is 46.2 Å². The first kappa shape index (κ1) is 15.6. The molecule has 0 radical (unpaired) electrons. The zero-order valence-corrected chi connectivity index (χ0v) is 13.4. The van der Waals surface area contributed by atoms with Gasteiger partial charge in [-0.1, -0.05) is 13.3 Å². The van der Waals surface area contributed by atoms with Crippen molar-refractivity contribution in [3.8, 4) is 0 Å². The van der Waals surface area contributed by atoms with E-state index in [1.165, 1.54) is 16.2 Å². The number of hydrogen-bond acceptors (Lipinski definition) is 5. The lowest BCUT2D eigenvalue weighted by Crippen LogP contribution is -2.22. The molecule has 0 aromatic carbocycles. The smallest absolute Gasteiger partial charge is 0.265 e. The Morgan fingerprint density at radius 3 is 2.62 bits per heavy atom. The lowest BCUT2D eigenvalue weighted by Gasteiger charge is -2.08. The molecular formula is C14H22N4O2S. The minimum absolute atomic E-state index is 0.182. The van der Waals surface area contributed by atoms with Gasteiger partial charge in [-0.25, -0.2) is 0 Å². The Morgan fingerprint density at radius 1 is 1.43 bits per heavy atom. The molecule has 2 amide bonds. The standard InChI is InChI=1S/C14H22N4O2S/c1-4-5-7-6-8(7)17-13-9(12(16)19)10(15)11(21-13)14(20)18(2)3/h7-8,17H,4-6,15H2,1-3H3,(H2,16,19). The Balaban J connectivity index is 2.26. The van der Waals surface area contributed by atoms with E-state index >= 15 is 0 Å². The van der Waals surface area contributed by atoms with E-state index in [0.717, 1.165) is 19.3 Å². The number of anilines is 2. The average molecular weight is 310 g/mol. The Kier molecular flexibility index (Phi) is 4.41. The third-order valence-electron chi connectivity index (χ3n) is 3.69. The molecule has 2 unspecified atom stereocenters. The SMILES string of the molecule is CCCC1CC1Nc1sc(C(=O)N(C)C)c(N)c1C(N)=O. The maximum Gasteiger partial charge on any atom is 0.265 e. The number of primary amides is 1. The lowest BCUT2D eigenvalue weighted by molar-refractivity contribution is 0.0833. The summed E-state index contributed by atoms with van der Waals surface area (Å²) in [5.74, 6) is -0.183. The predicted molar refractivity (Wildman–Crippen MR) is 85.7 cm³/mol. The Morgan fingerprint density at radius 2 is 2.10 bits per heavy atom. The van der Waals surface area contributed by atoms with Gasteiger partial charge in [0, 0.05) is 20.1 Å². The van der Waals surface area contributed by atoms with Crippen molar-refractivity contribution in [2.75, 3.05) is 25.1 Å². The topological polar surface area (TPSA) is 101 Å². The molecule has 6 nitrogen and oxygen atoms in total. The summed E-state index contributed by atoms with van der Waals surface area (Å²) in [6.45, 7) is 2.15. The molecule has 5 N–H and O–H groups in total. The summed E-state index contributed by atoms with van der Waals surface area (Å²) in [7, 11) is 3.30. The molecule has 2 rings (SSSR count). The Hall–Kier alpha value is -1.76. The summed E-state index contributed by atoms with van der Waals surface area (Å²) in [4.78, 5) is 25.5. The highest BCUT2D eigenvalue weighted by molar-refractivity contribution is 7.19. The van der Waals surface area contributed by atoms with Gasteiger partial charge in [0.2, 0.25) is 0 Å².